The molecule has 2 aromatic rings. The first-order chi connectivity index (χ1) is 8.25. The highest BCUT2D eigenvalue weighted by atomic mass is 16.1. The zero-order valence-electron chi connectivity index (χ0n) is 9.39. The fourth-order valence-corrected chi connectivity index (χ4v) is 2.40. The van der Waals surface area contributed by atoms with Gasteiger partial charge in [-0.15, -0.1) is 0 Å². The average molecular weight is 227 g/mol. The van der Waals surface area contributed by atoms with E-state index in [1.807, 2.05) is 12.1 Å². The van der Waals surface area contributed by atoms with E-state index in [-0.39, 0.29) is 0 Å². The van der Waals surface area contributed by atoms with Gasteiger partial charge in [0.05, 0.1) is 17.4 Å². The maximum absolute atomic E-state index is 11.0. The molecule has 1 aromatic heterocycles. The minimum absolute atomic E-state index is 0.441. The summed E-state index contributed by atoms with van der Waals surface area (Å²) >= 11 is 0. The molecule has 2 N–H and O–H groups in total. The Morgan fingerprint density at radius 1 is 1.35 bits per heavy atom. The molecule has 86 valence electrons. The van der Waals surface area contributed by atoms with Crippen LogP contribution in [0.1, 0.15) is 27.9 Å². The number of benzene rings is 1. The number of carbonyl (C=O) groups is 1. The van der Waals surface area contributed by atoms with Crippen LogP contribution < -0.4 is 5.73 Å². The van der Waals surface area contributed by atoms with Crippen LogP contribution in [0.25, 0.3) is 5.69 Å². The topological polar surface area (TPSA) is 60.9 Å². The molecule has 0 aliphatic heterocycles. The zero-order valence-corrected chi connectivity index (χ0v) is 9.39. The summed E-state index contributed by atoms with van der Waals surface area (Å²) < 4.78 is 1.74. The fourth-order valence-electron chi connectivity index (χ4n) is 2.40. The number of rotatable bonds is 2. The molecular formula is C13H13N3O. The zero-order chi connectivity index (χ0) is 11.8. The monoisotopic (exact) mass is 227 g/mol. The highest BCUT2D eigenvalue weighted by Crippen LogP contribution is 2.27. The largest absolute Gasteiger partial charge is 0.366 e. The van der Waals surface area contributed by atoms with Crippen molar-refractivity contribution in [3.05, 3.63) is 47.3 Å². The minimum atomic E-state index is -0.441. The Morgan fingerprint density at radius 2 is 2.24 bits per heavy atom. The van der Waals surface area contributed by atoms with Gasteiger partial charge in [0.25, 0.3) is 5.91 Å². The maximum Gasteiger partial charge on any atom is 0.251 e. The normalized spacial score (nSPS) is 13.6. The summed E-state index contributed by atoms with van der Waals surface area (Å²) in [7, 11) is 0. The molecule has 0 bridgehead atoms. The molecule has 1 amide bonds. The summed E-state index contributed by atoms with van der Waals surface area (Å²) in [5.74, 6) is -0.441. The second-order valence-electron chi connectivity index (χ2n) is 4.31. The van der Waals surface area contributed by atoms with E-state index in [0.717, 1.165) is 18.5 Å². The van der Waals surface area contributed by atoms with Gasteiger partial charge in [-0.2, -0.15) is 5.10 Å². The summed E-state index contributed by atoms with van der Waals surface area (Å²) in [5, 5.41) is 4.20. The van der Waals surface area contributed by atoms with E-state index in [1.165, 1.54) is 23.7 Å². The number of aryl methyl sites for hydroxylation is 1. The molecule has 17 heavy (non-hydrogen) atoms. The smallest absolute Gasteiger partial charge is 0.251 e. The van der Waals surface area contributed by atoms with Gasteiger partial charge >= 0.3 is 0 Å². The molecule has 0 saturated heterocycles. The van der Waals surface area contributed by atoms with Crippen molar-refractivity contribution in [2.24, 2.45) is 5.73 Å². The second-order valence-corrected chi connectivity index (χ2v) is 4.31. The van der Waals surface area contributed by atoms with E-state index < -0.39 is 5.91 Å². The number of primary amides is 1. The lowest BCUT2D eigenvalue weighted by Crippen LogP contribution is -2.09. The summed E-state index contributed by atoms with van der Waals surface area (Å²) in [4.78, 5) is 11.0. The first-order valence-electron chi connectivity index (χ1n) is 5.71. The lowest BCUT2D eigenvalue weighted by Gasteiger charge is -2.07. The van der Waals surface area contributed by atoms with Gasteiger partial charge in [0.1, 0.15) is 0 Å². The number of amides is 1. The van der Waals surface area contributed by atoms with Crippen molar-refractivity contribution in [1.29, 1.82) is 0 Å². The number of nitrogens with two attached hydrogens (primary N) is 1. The van der Waals surface area contributed by atoms with Crippen LogP contribution in [0.3, 0.4) is 0 Å². The fraction of sp³-hybridized carbons (Fsp3) is 0.231. The molecule has 0 fully saturated rings. The van der Waals surface area contributed by atoms with Gasteiger partial charge < -0.3 is 5.73 Å². The van der Waals surface area contributed by atoms with E-state index in [9.17, 15) is 4.79 Å². The van der Waals surface area contributed by atoms with Gasteiger partial charge in [-0.1, -0.05) is 12.1 Å². The highest BCUT2D eigenvalue weighted by molar-refractivity contribution is 5.92. The maximum atomic E-state index is 11.0. The Labute approximate surface area is 99.1 Å². The van der Waals surface area contributed by atoms with Crippen molar-refractivity contribution in [2.45, 2.75) is 19.3 Å². The van der Waals surface area contributed by atoms with Gasteiger partial charge in [-0.3, -0.25) is 4.79 Å². The van der Waals surface area contributed by atoms with Gasteiger partial charge in [0.15, 0.2) is 0 Å². The standard InChI is InChI=1S/C13H13N3O/c14-13(17)10-7-15-16(8-10)12-6-2-4-9-3-1-5-11(9)12/h2,4,6-8H,1,3,5H2,(H2,14,17). The van der Waals surface area contributed by atoms with Crippen LogP contribution in [0.4, 0.5) is 0 Å². The van der Waals surface area contributed by atoms with Gasteiger partial charge in [0.2, 0.25) is 0 Å². The van der Waals surface area contributed by atoms with Crippen molar-refractivity contribution < 1.29 is 4.79 Å². The van der Waals surface area contributed by atoms with Crippen molar-refractivity contribution >= 4 is 5.91 Å². The number of hydrogen-bond acceptors (Lipinski definition) is 2. The van der Waals surface area contributed by atoms with Gasteiger partial charge in [-0.25, -0.2) is 4.68 Å². The molecule has 0 unspecified atom stereocenters. The van der Waals surface area contributed by atoms with Crippen LogP contribution >= 0.6 is 0 Å². The van der Waals surface area contributed by atoms with E-state index in [2.05, 4.69) is 11.2 Å². The Morgan fingerprint density at radius 3 is 3.00 bits per heavy atom. The van der Waals surface area contributed by atoms with Gasteiger partial charge in [0, 0.05) is 6.20 Å². The van der Waals surface area contributed by atoms with Crippen LogP contribution in [0.2, 0.25) is 0 Å². The molecule has 4 heteroatoms. The SMILES string of the molecule is NC(=O)c1cnn(-c2cccc3c2CCC3)c1. The number of aromatic nitrogens is 2. The van der Waals surface area contributed by atoms with Crippen molar-refractivity contribution in [2.75, 3.05) is 0 Å². The van der Waals surface area contributed by atoms with E-state index in [4.69, 9.17) is 5.73 Å². The third-order valence-corrected chi connectivity index (χ3v) is 3.24. The van der Waals surface area contributed by atoms with Crippen molar-refractivity contribution in [3.63, 3.8) is 0 Å². The average Bonchev–Trinajstić information content (AvgIpc) is 2.97. The van der Waals surface area contributed by atoms with Crippen molar-refractivity contribution in [3.8, 4) is 5.69 Å². The minimum Gasteiger partial charge on any atom is -0.366 e. The van der Waals surface area contributed by atoms with E-state index in [1.54, 1.807) is 10.9 Å². The van der Waals surface area contributed by atoms with Crippen LogP contribution in [0.5, 0.6) is 0 Å². The quantitative estimate of drug-likeness (QED) is 0.844. The molecule has 0 spiro atoms. The van der Waals surface area contributed by atoms with E-state index in [0.29, 0.717) is 5.56 Å². The molecule has 1 aromatic carbocycles. The molecule has 1 aliphatic carbocycles. The van der Waals surface area contributed by atoms with Gasteiger partial charge in [-0.05, 0) is 36.5 Å². The molecular weight excluding hydrogens is 214 g/mol. The predicted octanol–water partition coefficient (Wildman–Crippen LogP) is 1.46. The summed E-state index contributed by atoms with van der Waals surface area (Å²) in [6.45, 7) is 0. The summed E-state index contributed by atoms with van der Waals surface area (Å²) in [6.07, 6.45) is 6.60. The van der Waals surface area contributed by atoms with E-state index >= 15 is 0 Å². The van der Waals surface area contributed by atoms with Crippen LogP contribution in [-0.4, -0.2) is 15.7 Å². The highest BCUT2D eigenvalue weighted by Gasteiger charge is 2.16. The second kappa shape index (κ2) is 3.73. The number of carbonyl (C=O) groups excluding carboxylic acids is 1. The lowest BCUT2D eigenvalue weighted by atomic mass is 10.1. The van der Waals surface area contributed by atoms with Crippen molar-refractivity contribution in [1.82, 2.24) is 9.78 Å². The summed E-state index contributed by atoms with van der Waals surface area (Å²) in [5.41, 5.74) is 9.46. The molecule has 0 saturated carbocycles. The lowest BCUT2D eigenvalue weighted by molar-refractivity contribution is 0.100. The first kappa shape index (κ1) is 10.1. The van der Waals surface area contributed by atoms with Crippen LogP contribution in [-0.2, 0) is 12.8 Å². The third kappa shape index (κ3) is 1.62. The number of hydrogen-bond donors (Lipinski definition) is 1. The number of fused-ring (bicyclic) bond motifs is 1. The predicted molar refractivity (Wildman–Crippen MR) is 64.1 cm³/mol. The Bertz CT molecular complexity index is 586. The Balaban J connectivity index is 2.09. The van der Waals surface area contributed by atoms with Crippen LogP contribution in [0.15, 0.2) is 30.6 Å². The third-order valence-electron chi connectivity index (χ3n) is 3.24. The van der Waals surface area contributed by atoms with Crippen LogP contribution in [0, 0.1) is 0 Å². The molecule has 0 radical (unpaired) electrons. The molecule has 3 rings (SSSR count). The molecule has 1 aliphatic rings. The molecule has 4 nitrogen and oxygen atoms in total. The summed E-state index contributed by atoms with van der Waals surface area (Å²) in [6, 6.07) is 6.22. The number of nitrogens with zero attached hydrogens (tertiary/aromatic N) is 2. The molecule has 1 heterocycles. The Hall–Kier alpha value is -2.10. The molecule has 0 atom stereocenters. The first-order valence-corrected chi connectivity index (χ1v) is 5.71. The Kier molecular flexibility index (Phi) is 2.21.